The normalized spacial score (nSPS) is 16.8. The smallest absolute Gasteiger partial charge is 0.225 e. The lowest BCUT2D eigenvalue weighted by atomic mass is 9.97. The van der Waals surface area contributed by atoms with Gasteiger partial charge in [-0.25, -0.2) is 13.4 Å². The van der Waals surface area contributed by atoms with Crippen LogP contribution in [0.4, 0.5) is 5.82 Å². The molecule has 1 N–H and O–H groups in total. The standard InChI is InChI=1S/C15H21ClN4O3S/c1-24(21,22)9-5-17-10-11-2-6-20(7-3-11)14-13-12(4-8-23-13)18-15(16)19-14/h4,8,11,17H,2-3,5-7,9-10H2,1H3. The average molecular weight is 373 g/mol. The Morgan fingerprint density at radius 1 is 1.38 bits per heavy atom. The molecule has 0 amide bonds. The van der Waals surface area contributed by atoms with Gasteiger partial charge in [-0.2, -0.15) is 4.98 Å². The molecule has 24 heavy (non-hydrogen) atoms. The summed E-state index contributed by atoms with van der Waals surface area (Å²) in [7, 11) is -2.90. The van der Waals surface area contributed by atoms with E-state index in [9.17, 15) is 8.42 Å². The van der Waals surface area contributed by atoms with Gasteiger partial charge in [0.1, 0.15) is 15.4 Å². The van der Waals surface area contributed by atoms with Gasteiger partial charge in [0.15, 0.2) is 11.4 Å². The third-order valence-corrected chi connectivity index (χ3v) is 5.37. The van der Waals surface area contributed by atoms with Gasteiger partial charge in [0.05, 0.1) is 12.0 Å². The minimum Gasteiger partial charge on any atom is -0.459 e. The second-order valence-corrected chi connectivity index (χ2v) is 8.81. The van der Waals surface area contributed by atoms with E-state index in [1.54, 1.807) is 12.3 Å². The van der Waals surface area contributed by atoms with E-state index in [2.05, 4.69) is 20.2 Å². The maximum Gasteiger partial charge on any atom is 0.225 e. The Morgan fingerprint density at radius 2 is 2.12 bits per heavy atom. The molecule has 0 atom stereocenters. The molecule has 1 aliphatic rings. The highest BCUT2D eigenvalue weighted by Crippen LogP contribution is 2.29. The molecule has 0 spiro atoms. The Labute approximate surface area is 146 Å². The number of halogens is 1. The number of piperidine rings is 1. The highest BCUT2D eigenvalue weighted by Gasteiger charge is 2.23. The number of sulfone groups is 1. The van der Waals surface area contributed by atoms with E-state index in [4.69, 9.17) is 16.0 Å². The van der Waals surface area contributed by atoms with Crippen molar-refractivity contribution < 1.29 is 12.8 Å². The number of furan rings is 1. The quantitative estimate of drug-likeness (QED) is 0.610. The van der Waals surface area contributed by atoms with Crippen LogP contribution >= 0.6 is 11.6 Å². The number of nitrogens with one attached hydrogen (secondary N) is 1. The zero-order valence-electron chi connectivity index (χ0n) is 13.5. The number of nitrogens with zero attached hydrogens (tertiary/aromatic N) is 3. The van der Waals surface area contributed by atoms with E-state index in [1.165, 1.54) is 6.26 Å². The molecule has 9 heteroatoms. The van der Waals surface area contributed by atoms with Gasteiger partial charge in [-0.15, -0.1) is 0 Å². The zero-order valence-corrected chi connectivity index (χ0v) is 15.1. The lowest BCUT2D eigenvalue weighted by molar-refractivity contribution is 0.385. The van der Waals surface area contributed by atoms with Crippen molar-refractivity contribution in [3.05, 3.63) is 17.6 Å². The van der Waals surface area contributed by atoms with Crippen LogP contribution in [0.2, 0.25) is 5.28 Å². The molecule has 1 aliphatic heterocycles. The van der Waals surface area contributed by atoms with Crippen LogP contribution in [0, 0.1) is 5.92 Å². The van der Waals surface area contributed by atoms with Crippen molar-refractivity contribution in [1.82, 2.24) is 15.3 Å². The van der Waals surface area contributed by atoms with Crippen molar-refractivity contribution in [3.8, 4) is 0 Å². The van der Waals surface area contributed by atoms with Crippen LogP contribution in [0.15, 0.2) is 16.7 Å². The van der Waals surface area contributed by atoms with Gasteiger partial charge in [0, 0.05) is 32.0 Å². The van der Waals surface area contributed by atoms with Gasteiger partial charge in [0.2, 0.25) is 5.28 Å². The summed E-state index contributed by atoms with van der Waals surface area (Å²) in [6.45, 7) is 3.07. The molecular formula is C15H21ClN4O3S. The summed E-state index contributed by atoms with van der Waals surface area (Å²) >= 11 is 6.00. The molecule has 0 unspecified atom stereocenters. The predicted molar refractivity (Wildman–Crippen MR) is 94.3 cm³/mol. The molecule has 0 aliphatic carbocycles. The molecule has 2 aromatic heterocycles. The summed E-state index contributed by atoms with van der Waals surface area (Å²) in [6.07, 6.45) is 4.87. The van der Waals surface area contributed by atoms with Crippen molar-refractivity contribution in [1.29, 1.82) is 0 Å². The molecule has 2 aromatic rings. The van der Waals surface area contributed by atoms with E-state index in [1.807, 2.05) is 0 Å². The fourth-order valence-electron chi connectivity index (χ4n) is 2.95. The van der Waals surface area contributed by atoms with E-state index < -0.39 is 9.84 Å². The first kappa shape index (κ1) is 17.4. The fourth-order valence-corrected chi connectivity index (χ4v) is 3.63. The topological polar surface area (TPSA) is 88.3 Å². The second kappa shape index (κ2) is 7.25. The van der Waals surface area contributed by atoms with Crippen LogP contribution in [0.3, 0.4) is 0 Å². The predicted octanol–water partition coefficient (Wildman–Crippen LogP) is 1.73. The molecule has 132 valence electrons. The molecule has 7 nitrogen and oxygen atoms in total. The summed E-state index contributed by atoms with van der Waals surface area (Å²) in [4.78, 5) is 10.7. The maximum atomic E-state index is 11.1. The van der Waals surface area contributed by atoms with Crippen molar-refractivity contribution in [2.24, 2.45) is 5.92 Å². The molecule has 0 bridgehead atoms. The number of anilines is 1. The van der Waals surface area contributed by atoms with Crippen molar-refractivity contribution in [2.75, 3.05) is 43.1 Å². The molecule has 1 fully saturated rings. The number of aromatic nitrogens is 2. The van der Waals surface area contributed by atoms with Crippen LogP contribution in [0.1, 0.15) is 12.8 Å². The minimum absolute atomic E-state index is 0.182. The first-order valence-electron chi connectivity index (χ1n) is 7.96. The SMILES string of the molecule is CS(=O)(=O)CCNCC1CCN(c2nc(Cl)nc3ccoc23)CC1. The number of hydrogen-bond acceptors (Lipinski definition) is 7. The lowest BCUT2D eigenvalue weighted by Gasteiger charge is -2.32. The number of fused-ring (bicyclic) bond motifs is 1. The Balaban J connectivity index is 1.54. The van der Waals surface area contributed by atoms with Gasteiger partial charge in [-0.1, -0.05) is 0 Å². The Bertz CT molecular complexity index is 800. The van der Waals surface area contributed by atoms with Crippen molar-refractivity contribution in [3.63, 3.8) is 0 Å². The van der Waals surface area contributed by atoms with Gasteiger partial charge >= 0.3 is 0 Å². The summed E-state index contributed by atoms with van der Waals surface area (Å²) in [5, 5.41) is 3.46. The Morgan fingerprint density at radius 3 is 2.83 bits per heavy atom. The van der Waals surface area contributed by atoms with Gasteiger partial charge in [0.25, 0.3) is 0 Å². The summed E-state index contributed by atoms with van der Waals surface area (Å²) in [6, 6.07) is 1.78. The average Bonchev–Trinajstić information content (AvgIpc) is 2.98. The van der Waals surface area contributed by atoms with E-state index in [0.717, 1.165) is 43.8 Å². The van der Waals surface area contributed by atoms with Crippen LogP contribution in [0.25, 0.3) is 11.1 Å². The van der Waals surface area contributed by atoms with Crippen LogP contribution < -0.4 is 10.2 Å². The maximum absolute atomic E-state index is 11.1. The fraction of sp³-hybridized carbons (Fsp3) is 0.600. The van der Waals surface area contributed by atoms with Gasteiger partial charge in [-0.05, 0) is 36.9 Å². The molecular weight excluding hydrogens is 352 g/mol. The zero-order chi connectivity index (χ0) is 17.2. The summed E-state index contributed by atoms with van der Waals surface area (Å²) < 4.78 is 27.7. The molecule has 0 aromatic carbocycles. The monoisotopic (exact) mass is 372 g/mol. The summed E-state index contributed by atoms with van der Waals surface area (Å²) in [5.41, 5.74) is 1.39. The van der Waals surface area contributed by atoms with Crippen LogP contribution in [-0.4, -0.2) is 56.6 Å². The molecule has 0 radical (unpaired) electrons. The van der Waals surface area contributed by atoms with Crippen LogP contribution in [-0.2, 0) is 9.84 Å². The van der Waals surface area contributed by atoms with Gasteiger partial charge in [-0.3, -0.25) is 0 Å². The largest absolute Gasteiger partial charge is 0.459 e. The van der Waals surface area contributed by atoms with Crippen molar-refractivity contribution in [2.45, 2.75) is 12.8 Å². The minimum atomic E-state index is -2.90. The third kappa shape index (κ3) is 4.37. The Hall–Kier alpha value is -1.38. The molecule has 0 saturated carbocycles. The van der Waals surface area contributed by atoms with Crippen molar-refractivity contribution >= 4 is 38.4 Å². The molecule has 1 saturated heterocycles. The van der Waals surface area contributed by atoms with Gasteiger partial charge < -0.3 is 14.6 Å². The number of hydrogen-bond donors (Lipinski definition) is 1. The summed E-state index contributed by atoms with van der Waals surface area (Å²) in [5.74, 6) is 1.46. The number of rotatable bonds is 6. The highest BCUT2D eigenvalue weighted by molar-refractivity contribution is 7.90. The van der Waals surface area contributed by atoms with Crippen LogP contribution in [0.5, 0.6) is 0 Å². The highest BCUT2D eigenvalue weighted by atomic mass is 35.5. The third-order valence-electron chi connectivity index (χ3n) is 4.26. The lowest BCUT2D eigenvalue weighted by Crippen LogP contribution is -2.38. The Kier molecular flexibility index (Phi) is 5.27. The van der Waals surface area contributed by atoms with E-state index >= 15 is 0 Å². The molecule has 3 heterocycles. The van der Waals surface area contributed by atoms with E-state index in [0.29, 0.717) is 18.0 Å². The van der Waals surface area contributed by atoms with E-state index in [-0.39, 0.29) is 11.0 Å². The first-order chi connectivity index (χ1) is 11.4. The first-order valence-corrected chi connectivity index (χ1v) is 10.4. The second-order valence-electron chi connectivity index (χ2n) is 6.22. The molecule has 3 rings (SSSR count).